The van der Waals surface area contributed by atoms with Gasteiger partial charge < -0.3 is 5.32 Å². The SMILES string of the molecule is CCNC(CCCc1ccccc1)c1cc(Br)ccc1C. The number of hydrogen-bond donors (Lipinski definition) is 1. The lowest BCUT2D eigenvalue weighted by atomic mass is 9.95. The molecule has 2 aromatic rings. The molecular weight excluding hydrogens is 322 g/mol. The lowest BCUT2D eigenvalue weighted by Crippen LogP contribution is -2.22. The van der Waals surface area contributed by atoms with Gasteiger partial charge in [0.05, 0.1) is 0 Å². The number of nitrogens with one attached hydrogen (secondary N) is 1. The Morgan fingerprint density at radius 1 is 1.10 bits per heavy atom. The summed E-state index contributed by atoms with van der Waals surface area (Å²) in [4.78, 5) is 0. The minimum Gasteiger partial charge on any atom is -0.310 e. The molecule has 2 rings (SSSR count). The molecule has 0 aliphatic carbocycles. The second kappa shape index (κ2) is 8.35. The van der Waals surface area contributed by atoms with Gasteiger partial charge in [0.25, 0.3) is 0 Å². The molecule has 1 N–H and O–H groups in total. The van der Waals surface area contributed by atoms with E-state index < -0.39 is 0 Å². The topological polar surface area (TPSA) is 12.0 Å². The van der Waals surface area contributed by atoms with E-state index in [1.54, 1.807) is 0 Å². The third-order valence-corrected chi connectivity index (χ3v) is 4.36. The minimum atomic E-state index is 0.441. The van der Waals surface area contributed by atoms with Crippen LogP contribution in [0, 0.1) is 6.92 Å². The van der Waals surface area contributed by atoms with Crippen molar-refractivity contribution in [1.82, 2.24) is 5.32 Å². The Balaban J connectivity index is 2.00. The van der Waals surface area contributed by atoms with Crippen molar-refractivity contribution in [1.29, 1.82) is 0 Å². The van der Waals surface area contributed by atoms with Crippen LogP contribution in [-0.4, -0.2) is 6.54 Å². The molecule has 0 saturated heterocycles. The quantitative estimate of drug-likeness (QED) is 0.705. The number of benzene rings is 2. The van der Waals surface area contributed by atoms with E-state index in [0.717, 1.165) is 17.4 Å². The standard InChI is InChI=1S/C19H24BrN/c1-3-21-19(18-14-17(20)13-12-15(18)2)11-7-10-16-8-5-4-6-9-16/h4-6,8-9,12-14,19,21H,3,7,10-11H2,1-2H3. The maximum atomic E-state index is 3.63. The summed E-state index contributed by atoms with van der Waals surface area (Å²) < 4.78 is 1.16. The summed E-state index contributed by atoms with van der Waals surface area (Å²) in [5.41, 5.74) is 4.21. The van der Waals surface area contributed by atoms with Gasteiger partial charge in [0, 0.05) is 10.5 Å². The van der Waals surface area contributed by atoms with E-state index in [2.05, 4.69) is 83.6 Å². The van der Waals surface area contributed by atoms with Gasteiger partial charge >= 0.3 is 0 Å². The first kappa shape index (κ1) is 16.3. The Hall–Kier alpha value is -1.12. The van der Waals surface area contributed by atoms with Gasteiger partial charge in [-0.05, 0) is 61.6 Å². The van der Waals surface area contributed by atoms with Gasteiger partial charge in [0.15, 0.2) is 0 Å². The number of hydrogen-bond acceptors (Lipinski definition) is 1. The van der Waals surface area contributed by atoms with Gasteiger partial charge in [0.2, 0.25) is 0 Å². The average Bonchev–Trinajstić information content (AvgIpc) is 2.50. The Morgan fingerprint density at radius 2 is 1.86 bits per heavy atom. The molecule has 0 saturated carbocycles. The van der Waals surface area contributed by atoms with Gasteiger partial charge in [-0.15, -0.1) is 0 Å². The molecular formula is C19H24BrN. The van der Waals surface area contributed by atoms with Crippen molar-refractivity contribution in [2.75, 3.05) is 6.54 Å². The summed E-state index contributed by atoms with van der Waals surface area (Å²) >= 11 is 3.59. The molecule has 1 unspecified atom stereocenters. The minimum absolute atomic E-state index is 0.441. The van der Waals surface area contributed by atoms with E-state index >= 15 is 0 Å². The average molecular weight is 346 g/mol. The Bertz CT molecular complexity index is 551. The van der Waals surface area contributed by atoms with E-state index in [0.29, 0.717) is 6.04 Å². The zero-order valence-corrected chi connectivity index (χ0v) is 14.5. The van der Waals surface area contributed by atoms with E-state index in [1.165, 1.54) is 29.5 Å². The summed E-state index contributed by atoms with van der Waals surface area (Å²) in [6.07, 6.45) is 3.52. The van der Waals surface area contributed by atoms with Crippen LogP contribution in [0.15, 0.2) is 53.0 Å². The maximum absolute atomic E-state index is 3.63. The zero-order chi connectivity index (χ0) is 15.1. The van der Waals surface area contributed by atoms with Crippen molar-refractivity contribution in [3.63, 3.8) is 0 Å². The maximum Gasteiger partial charge on any atom is 0.0323 e. The largest absolute Gasteiger partial charge is 0.310 e. The fraction of sp³-hybridized carbons (Fsp3) is 0.368. The van der Waals surface area contributed by atoms with Gasteiger partial charge in [-0.25, -0.2) is 0 Å². The van der Waals surface area contributed by atoms with Crippen LogP contribution >= 0.6 is 15.9 Å². The van der Waals surface area contributed by atoms with Gasteiger partial charge in [-0.3, -0.25) is 0 Å². The molecule has 112 valence electrons. The smallest absolute Gasteiger partial charge is 0.0323 e. The summed E-state index contributed by atoms with van der Waals surface area (Å²) in [6, 6.07) is 17.8. The molecule has 0 fully saturated rings. The number of rotatable bonds is 7. The van der Waals surface area contributed by atoms with Crippen molar-refractivity contribution in [2.24, 2.45) is 0 Å². The van der Waals surface area contributed by atoms with Crippen LogP contribution in [0.25, 0.3) is 0 Å². The van der Waals surface area contributed by atoms with Crippen LogP contribution in [0.3, 0.4) is 0 Å². The predicted octanol–water partition coefficient (Wildman–Crippen LogP) is 5.43. The van der Waals surface area contributed by atoms with Crippen molar-refractivity contribution < 1.29 is 0 Å². The van der Waals surface area contributed by atoms with Crippen LogP contribution in [-0.2, 0) is 6.42 Å². The Kier molecular flexibility index (Phi) is 6.47. The fourth-order valence-electron chi connectivity index (χ4n) is 2.76. The summed E-state index contributed by atoms with van der Waals surface area (Å²) in [5, 5.41) is 3.63. The third-order valence-electron chi connectivity index (χ3n) is 3.87. The molecule has 2 heteroatoms. The molecule has 2 aromatic carbocycles. The van der Waals surface area contributed by atoms with Gasteiger partial charge in [0.1, 0.15) is 0 Å². The molecule has 21 heavy (non-hydrogen) atoms. The van der Waals surface area contributed by atoms with Gasteiger partial charge in [-0.1, -0.05) is 59.3 Å². The molecule has 0 bridgehead atoms. The summed E-state index contributed by atoms with van der Waals surface area (Å²) in [5.74, 6) is 0. The monoisotopic (exact) mass is 345 g/mol. The van der Waals surface area contributed by atoms with Crippen LogP contribution in [0.2, 0.25) is 0 Å². The van der Waals surface area contributed by atoms with Crippen LogP contribution in [0.5, 0.6) is 0 Å². The molecule has 0 heterocycles. The first-order valence-electron chi connectivity index (χ1n) is 7.74. The molecule has 0 radical (unpaired) electrons. The third kappa shape index (κ3) is 4.98. The summed E-state index contributed by atoms with van der Waals surface area (Å²) in [7, 11) is 0. The van der Waals surface area contributed by atoms with E-state index in [9.17, 15) is 0 Å². The highest BCUT2D eigenvalue weighted by molar-refractivity contribution is 9.10. The van der Waals surface area contributed by atoms with E-state index in [-0.39, 0.29) is 0 Å². The molecule has 0 amide bonds. The van der Waals surface area contributed by atoms with Crippen LogP contribution in [0.1, 0.15) is 42.5 Å². The zero-order valence-electron chi connectivity index (χ0n) is 12.9. The Labute approximate surface area is 136 Å². The molecule has 1 nitrogen and oxygen atoms in total. The highest BCUT2D eigenvalue weighted by atomic mass is 79.9. The predicted molar refractivity (Wildman–Crippen MR) is 94.7 cm³/mol. The van der Waals surface area contributed by atoms with Crippen LogP contribution in [0.4, 0.5) is 0 Å². The fourth-order valence-corrected chi connectivity index (χ4v) is 3.13. The lowest BCUT2D eigenvalue weighted by molar-refractivity contribution is 0.496. The Morgan fingerprint density at radius 3 is 2.57 bits per heavy atom. The van der Waals surface area contributed by atoms with Crippen molar-refractivity contribution >= 4 is 15.9 Å². The highest BCUT2D eigenvalue weighted by Crippen LogP contribution is 2.26. The van der Waals surface area contributed by atoms with E-state index in [4.69, 9.17) is 0 Å². The molecule has 1 atom stereocenters. The van der Waals surface area contributed by atoms with Crippen molar-refractivity contribution in [2.45, 2.75) is 39.2 Å². The van der Waals surface area contributed by atoms with Crippen molar-refractivity contribution in [3.8, 4) is 0 Å². The number of aryl methyl sites for hydroxylation is 2. The molecule has 0 aliphatic heterocycles. The second-order valence-corrected chi connectivity index (χ2v) is 6.40. The van der Waals surface area contributed by atoms with Crippen molar-refractivity contribution in [3.05, 3.63) is 69.7 Å². The van der Waals surface area contributed by atoms with Gasteiger partial charge in [-0.2, -0.15) is 0 Å². The molecule has 0 aliphatic rings. The normalized spacial score (nSPS) is 12.3. The molecule has 0 aromatic heterocycles. The van der Waals surface area contributed by atoms with E-state index in [1.807, 2.05) is 0 Å². The first-order valence-corrected chi connectivity index (χ1v) is 8.53. The van der Waals surface area contributed by atoms with Crippen LogP contribution < -0.4 is 5.32 Å². The summed E-state index contributed by atoms with van der Waals surface area (Å²) in [6.45, 7) is 5.38. The molecule has 0 spiro atoms. The lowest BCUT2D eigenvalue weighted by Gasteiger charge is -2.21. The first-order chi connectivity index (χ1) is 10.2. The number of halogens is 1. The highest BCUT2D eigenvalue weighted by Gasteiger charge is 2.13. The second-order valence-electron chi connectivity index (χ2n) is 5.49.